The van der Waals surface area contributed by atoms with Crippen LogP contribution in [0.25, 0.3) is 16.7 Å². The van der Waals surface area contributed by atoms with Crippen LogP contribution < -0.4 is 10.1 Å². The highest BCUT2D eigenvalue weighted by Crippen LogP contribution is 2.40. The maximum Gasteiger partial charge on any atom is 0.269 e. The molecule has 1 aliphatic carbocycles. The van der Waals surface area contributed by atoms with Gasteiger partial charge in [-0.15, -0.1) is 0 Å². The molecular formula is C26H29F2N9O2. The Labute approximate surface area is 222 Å². The summed E-state index contributed by atoms with van der Waals surface area (Å²) in [5, 5.41) is 22.6. The second-order valence-electron chi connectivity index (χ2n) is 10.8. The molecule has 0 unspecified atom stereocenters. The van der Waals surface area contributed by atoms with Gasteiger partial charge in [-0.05, 0) is 19.3 Å². The molecule has 0 saturated heterocycles. The Kier molecular flexibility index (Phi) is 5.97. The number of anilines is 2. The summed E-state index contributed by atoms with van der Waals surface area (Å²) in [7, 11) is 1.64. The predicted octanol–water partition coefficient (Wildman–Crippen LogP) is 5.06. The van der Waals surface area contributed by atoms with E-state index in [-0.39, 0.29) is 39.7 Å². The monoisotopic (exact) mass is 537 g/mol. The molecule has 1 fully saturated rings. The Morgan fingerprint density at radius 3 is 2.69 bits per heavy atom. The summed E-state index contributed by atoms with van der Waals surface area (Å²) in [6.45, 7) is 6.25. The van der Waals surface area contributed by atoms with Crippen LogP contribution in [0.1, 0.15) is 63.8 Å². The first-order valence-electron chi connectivity index (χ1n) is 12.8. The lowest BCUT2D eigenvalue weighted by Gasteiger charge is -2.25. The van der Waals surface area contributed by atoms with Crippen molar-refractivity contribution in [3.8, 4) is 11.5 Å². The lowest BCUT2D eigenvalue weighted by atomic mass is 9.91. The fourth-order valence-electron chi connectivity index (χ4n) is 5.18. The molecule has 1 aliphatic rings. The molecule has 11 nitrogen and oxygen atoms in total. The highest BCUT2D eigenvalue weighted by atomic mass is 19.3. The molecule has 0 radical (unpaired) electrons. The van der Waals surface area contributed by atoms with E-state index in [4.69, 9.17) is 9.84 Å². The number of alkyl halides is 2. The van der Waals surface area contributed by atoms with Crippen LogP contribution in [-0.2, 0) is 12.5 Å². The molecule has 0 spiro atoms. The Bertz CT molecular complexity index is 1670. The highest BCUT2D eigenvalue weighted by molar-refractivity contribution is 5.82. The summed E-state index contributed by atoms with van der Waals surface area (Å²) in [5.41, 5.74) is 1.21. The van der Waals surface area contributed by atoms with Crippen LogP contribution in [0.2, 0.25) is 0 Å². The maximum absolute atomic E-state index is 14.5. The normalized spacial score (nSPS) is 18.1. The van der Waals surface area contributed by atoms with Gasteiger partial charge in [0.15, 0.2) is 23.0 Å². The zero-order valence-electron chi connectivity index (χ0n) is 22.0. The minimum atomic E-state index is -2.86. The smallest absolute Gasteiger partial charge is 0.269 e. The summed E-state index contributed by atoms with van der Waals surface area (Å²) < 4.78 is 39.8. The number of rotatable bonds is 6. The van der Waals surface area contributed by atoms with Crippen LogP contribution in [0.5, 0.6) is 11.5 Å². The number of fused-ring (bicyclic) bond motifs is 2. The fraction of sp³-hybridized carbons (Fsp3) is 0.423. The molecule has 0 bridgehead atoms. The van der Waals surface area contributed by atoms with Crippen molar-refractivity contribution in [2.24, 2.45) is 7.05 Å². The van der Waals surface area contributed by atoms with E-state index >= 15 is 0 Å². The van der Waals surface area contributed by atoms with Gasteiger partial charge in [-0.25, -0.2) is 18.3 Å². The molecule has 204 valence electrons. The van der Waals surface area contributed by atoms with Gasteiger partial charge in [0.25, 0.3) is 6.43 Å². The summed E-state index contributed by atoms with van der Waals surface area (Å²) in [4.78, 5) is 12.8. The van der Waals surface area contributed by atoms with Gasteiger partial charge in [-0.1, -0.05) is 20.8 Å². The van der Waals surface area contributed by atoms with Crippen molar-refractivity contribution in [3.05, 3.63) is 48.3 Å². The molecule has 5 heterocycles. The summed E-state index contributed by atoms with van der Waals surface area (Å²) in [5.74, 6) is 0.988. The number of aromatic nitrogens is 8. The molecule has 0 aliphatic heterocycles. The molecule has 6 rings (SSSR count). The van der Waals surface area contributed by atoms with Crippen LogP contribution in [0.4, 0.5) is 20.5 Å². The van der Waals surface area contributed by atoms with Gasteiger partial charge >= 0.3 is 0 Å². The van der Waals surface area contributed by atoms with E-state index in [9.17, 15) is 13.9 Å². The van der Waals surface area contributed by atoms with Gasteiger partial charge in [0.05, 0.1) is 36.3 Å². The Morgan fingerprint density at radius 2 is 1.97 bits per heavy atom. The summed E-state index contributed by atoms with van der Waals surface area (Å²) >= 11 is 0. The average molecular weight is 538 g/mol. The molecule has 2 N–H and O–H groups in total. The van der Waals surface area contributed by atoms with Crippen LogP contribution >= 0.6 is 0 Å². The van der Waals surface area contributed by atoms with E-state index in [1.54, 1.807) is 19.4 Å². The Hall–Kier alpha value is -4.13. The summed E-state index contributed by atoms with van der Waals surface area (Å²) in [6.07, 6.45) is 6.61. The first-order valence-corrected chi connectivity index (χ1v) is 12.8. The van der Waals surface area contributed by atoms with Gasteiger partial charge in [-0.2, -0.15) is 15.2 Å². The Morgan fingerprint density at radius 1 is 1.15 bits per heavy atom. The number of nitrogens with zero attached hydrogens (tertiary/aromatic N) is 8. The average Bonchev–Trinajstić information content (AvgIpc) is 3.66. The number of aliphatic hydroxyl groups excluding tert-OH is 1. The van der Waals surface area contributed by atoms with Crippen molar-refractivity contribution in [2.75, 3.05) is 5.32 Å². The second-order valence-corrected chi connectivity index (χ2v) is 10.8. The van der Waals surface area contributed by atoms with E-state index in [2.05, 4.69) is 46.1 Å². The lowest BCUT2D eigenvalue weighted by molar-refractivity contribution is 0.127. The first-order chi connectivity index (χ1) is 18.6. The highest BCUT2D eigenvalue weighted by Gasteiger charge is 2.33. The van der Waals surface area contributed by atoms with Crippen LogP contribution in [0.3, 0.4) is 0 Å². The summed E-state index contributed by atoms with van der Waals surface area (Å²) in [6, 6.07) is 1.80. The minimum Gasteiger partial charge on any atom is -0.451 e. The Balaban J connectivity index is 1.39. The van der Waals surface area contributed by atoms with Crippen molar-refractivity contribution >= 4 is 28.4 Å². The van der Waals surface area contributed by atoms with Gasteiger partial charge < -0.3 is 19.7 Å². The molecule has 5 aromatic rings. The molecule has 0 amide bonds. The molecule has 1 saturated carbocycles. The number of aryl methyl sites for hydroxylation is 1. The van der Waals surface area contributed by atoms with E-state index < -0.39 is 12.5 Å². The van der Waals surface area contributed by atoms with Crippen molar-refractivity contribution in [2.45, 2.75) is 64.0 Å². The molecule has 0 aromatic carbocycles. The predicted molar refractivity (Wildman–Crippen MR) is 140 cm³/mol. The number of nitrogens with one attached hydrogen (secondary N) is 1. The van der Waals surface area contributed by atoms with E-state index in [1.807, 2.05) is 10.7 Å². The molecule has 39 heavy (non-hydrogen) atoms. The number of hydrogen-bond acceptors (Lipinski definition) is 8. The van der Waals surface area contributed by atoms with Crippen LogP contribution in [0, 0.1) is 0 Å². The number of halogens is 2. The van der Waals surface area contributed by atoms with Crippen molar-refractivity contribution in [1.82, 2.24) is 38.9 Å². The van der Waals surface area contributed by atoms with Crippen molar-refractivity contribution < 1.29 is 18.6 Å². The number of pyridine rings is 1. The van der Waals surface area contributed by atoms with Gasteiger partial charge in [-0.3, -0.25) is 9.67 Å². The minimum absolute atomic E-state index is 0.0969. The maximum atomic E-state index is 14.5. The SMILES string of the molecule is Cn1c(Nc2cc(C(C)(C)C)n([C@@H]3CCC[C@@H]3O)n2)nc2ncc(Oc3cnn4ccncc34)c(C(F)F)c21. The van der Waals surface area contributed by atoms with E-state index in [1.165, 1.54) is 27.7 Å². The number of hydrogen-bond donors (Lipinski definition) is 2. The molecule has 5 aromatic heterocycles. The molecule has 13 heteroatoms. The van der Waals surface area contributed by atoms with Crippen molar-refractivity contribution in [3.63, 3.8) is 0 Å². The van der Waals surface area contributed by atoms with Gasteiger partial charge in [0.2, 0.25) is 5.95 Å². The van der Waals surface area contributed by atoms with E-state index in [0.29, 0.717) is 17.3 Å². The third kappa shape index (κ3) is 4.36. The standard InChI is InChI=1S/C26H29F2N9O2/c1-26(2,3)19-10-20(34-37(19)14-6-5-7-16(14)38)32-25-33-24-22(35(25)4)21(23(27)28)18(12-30-24)39-17-13-31-36-9-8-29-11-15(17)36/h8-14,16,23,38H,5-7H2,1-4H3,(H,30,32,33,34)/t14-,16+/m1/s1. The topological polar surface area (TPSA) is 120 Å². The number of ether oxygens (including phenoxy) is 1. The lowest BCUT2D eigenvalue weighted by Crippen LogP contribution is -2.26. The number of imidazole rings is 1. The first kappa shape index (κ1) is 25.2. The van der Waals surface area contributed by atoms with E-state index in [0.717, 1.165) is 25.0 Å². The van der Waals surface area contributed by atoms with Crippen LogP contribution in [-0.4, -0.2) is 50.1 Å². The third-order valence-electron chi connectivity index (χ3n) is 7.13. The molecule has 2 atom stereocenters. The second kappa shape index (κ2) is 9.26. The van der Waals surface area contributed by atoms with Crippen LogP contribution in [0.15, 0.2) is 37.1 Å². The third-order valence-corrected chi connectivity index (χ3v) is 7.13. The van der Waals surface area contributed by atoms with Gasteiger partial charge in [0, 0.05) is 36.6 Å². The quantitative estimate of drug-likeness (QED) is 0.308. The zero-order chi connectivity index (χ0) is 27.5. The fourth-order valence-corrected chi connectivity index (χ4v) is 5.18. The van der Waals surface area contributed by atoms with Crippen molar-refractivity contribution in [1.29, 1.82) is 0 Å². The zero-order valence-corrected chi connectivity index (χ0v) is 22.0. The largest absolute Gasteiger partial charge is 0.451 e. The number of aliphatic hydroxyl groups is 1. The van der Waals surface area contributed by atoms with Gasteiger partial charge in [0.1, 0.15) is 11.0 Å². The molecular weight excluding hydrogens is 508 g/mol.